The second-order valence-electron chi connectivity index (χ2n) is 3.53. The van der Waals surface area contributed by atoms with Crippen molar-refractivity contribution in [3.05, 3.63) is 28.2 Å². The van der Waals surface area contributed by atoms with E-state index in [1.54, 1.807) is 0 Å². The Hall–Kier alpha value is -1.44. The van der Waals surface area contributed by atoms with Crippen molar-refractivity contribution < 1.29 is 27.4 Å². The summed E-state index contributed by atoms with van der Waals surface area (Å²) in [5.74, 6) is -0.360. The van der Waals surface area contributed by atoms with Crippen molar-refractivity contribution in [2.45, 2.75) is 12.4 Å². The van der Waals surface area contributed by atoms with Gasteiger partial charge in [0, 0.05) is 10.0 Å². The number of carbonyl (C=O) groups excluding carboxylic acids is 1. The Balaban J connectivity index is 2.32. The quantitative estimate of drug-likeness (QED) is 0.908. The Kier molecular flexibility index (Phi) is 3.38. The molecule has 18 heavy (non-hydrogen) atoms. The van der Waals surface area contributed by atoms with Gasteiger partial charge in [-0.3, -0.25) is 0 Å². The number of ether oxygens (including phenoxy) is 2. The van der Waals surface area contributed by atoms with Crippen molar-refractivity contribution in [1.29, 1.82) is 0 Å². The molecule has 1 saturated heterocycles. The standard InChI is InChI=1S/C10H7BrF3NO3/c11-5-1-2-8(18-10(12,13)14)6(3-5)7-4-17-9(16)15-7/h1-3,7H,4H2,(H,15,16)/t7-/m1/s1. The van der Waals surface area contributed by atoms with E-state index in [1.807, 2.05) is 0 Å². The lowest BCUT2D eigenvalue weighted by molar-refractivity contribution is -0.275. The van der Waals surface area contributed by atoms with Crippen molar-refractivity contribution in [2.75, 3.05) is 6.61 Å². The Bertz CT molecular complexity index is 478. The topological polar surface area (TPSA) is 47.6 Å². The van der Waals surface area contributed by atoms with E-state index in [2.05, 4.69) is 30.7 Å². The first-order chi connectivity index (χ1) is 8.35. The van der Waals surface area contributed by atoms with Crippen LogP contribution in [0.25, 0.3) is 0 Å². The van der Waals surface area contributed by atoms with Crippen molar-refractivity contribution >= 4 is 22.0 Å². The van der Waals surface area contributed by atoms with Crippen molar-refractivity contribution in [3.8, 4) is 5.75 Å². The third-order valence-electron chi connectivity index (χ3n) is 2.25. The summed E-state index contributed by atoms with van der Waals surface area (Å²) in [7, 11) is 0. The highest BCUT2D eigenvalue weighted by molar-refractivity contribution is 9.10. The number of nitrogens with one attached hydrogen (secondary N) is 1. The molecule has 0 saturated carbocycles. The molecule has 2 rings (SSSR count). The number of alkyl halides is 3. The van der Waals surface area contributed by atoms with Crippen LogP contribution in [-0.4, -0.2) is 19.1 Å². The third-order valence-corrected chi connectivity index (χ3v) is 2.74. The molecule has 0 spiro atoms. The fraction of sp³-hybridized carbons (Fsp3) is 0.300. The smallest absolute Gasteiger partial charge is 0.447 e. The molecule has 1 fully saturated rings. The number of alkyl carbamates (subject to hydrolysis) is 1. The number of halogens is 4. The molecule has 4 nitrogen and oxygen atoms in total. The number of cyclic esters (lactones) is 1. The Morgan fingerprint density at radius 1 is 1.44 bits per heavy atom. The fourth-order valence-electron chi connectivity index (χ4n) is 1.56. The van der Waals surface area contributed by atoms with Crippen LogP contribution in [-0.2, 0) is 4.74 Å². The summed E-state index contributed by atoms with van der Waals surface area (Å²) in [6.07, 6.45) is -5.45. The second-order valence-corrected chi connectivity index (χ2v) is 4.44. The molecule has 0 unspecified atom stereocenters. The predicted octanol–water partition coefficient (Wildman–Crippen LogP) is 3.13. The maximum Gasteiger partial charge on any atom is 0.573 e. The van der Waals surface area contributed by atoms with Crippen molar-refractivity contribution in [1.82, 2.24) is 5.32 Å². The number of hydrogen-bond donors (Lipinski definition) is 1. The van der Waals surface area contributed by atoms with Crippen molar-refractivity contribution in [2.24, 2.45) is 0 Å². The normalized spacial score (nSPS) is 19.3. The van der Waals surface area contributed by atoms with Gasteiger partial charge < -0.3 is 14.8 Å². The van der Waals surface area contributed by atoms with Gasteiger partial charge in [-0.15, -0.1) is 13.2 Å². The van der Waals surface area contributed by atoms with Crippen LogP contribution in [0.15, 0.2) is 22.7 Å². The fourth-order valence-corrected chi connectivity index (χ4v) is 1.94. The minimum absolute atomic E-state index is 0.0382. The highest BCUT2D eigenvalue weighted by Gasteiger charge is 2.34. The van der Waals surface area contributed by atoms with E-state index in [1.165, 1.54) is 18.2 Å². The molecule has 0 aromatic heterocycles. The molecular weight excluding hydrogens is 319 g/mol. The summed E-state index contributed by atoms with van der Waals surface area (Å²) in [6.45, 7) is -0.0382. The van der Waals surface area contributed by atoms with E-state index in [4.69, 9.17) is 0 Å². The largest absolute Gasteiger partial charge is 0.573 e. The zero-order valence-electron chi connectivity index (χ0n) is 8.75. The minimum atomic E-state index is -4.79. The number of benzene rings is 1. The summed E-state index contributed by atoms with van der Waals surface area (Å²) in [5, 5.41) is 2.39. The van der Waals surface area contributed by atoms with E-state index < -0.39 is 18.5 Å². The van der Waals surface area contributed by atoms with Crippen LogP contribution >= 0.6 is 15.9 Å². The van der Waals surface area contributed by atoms with Crippen LogP contribution in [0.3, 0.4) is 0 Å². The molecule has 1 aromatic carbocycles. The highest BCUT2D eigenvalue weighted by atomic mass is 79.9. The summed E-state index contributed by atoms with van der Waals surface area (Å²) < 4.78 is 45.8. The summed E-state index contributed by atoms with van der Waals surface area (Å²) >= 11 is 3.15. The zero-order valence-corrected chi connectivity index (χ0v) is 10.3. The molecule has 0 bridgehead atoms. The Morgan fingerprint density at radius 3 is 2.72 bits per heavy atom. The SMILES string of the molecule is O=C1N[C@@H](c2cc(Br)ccc2OC(F)(F)F)CO1. The predicted molar refractivity (Wildman–Crippen MR) is 58.0 cm³/mol. The van der Waals surface area contributed by atoms with Crippen LogP contribution in [0, 0.1) is 0 Å². The van der Waals surface area contributed by atoms with Gasteiger partial charge in [-0.1, -0.05) is 15.9 Å². The first-order valence-electron chi connectivity index (χ1n) is 4.83. The van der Waals surface area contributed by atoms with E-state index in [9.17, 15) is 18.0 Å². The van der Waals surface area contributed by atoms with E-state index in [0.717, 1.165) is 0 Å². The maximum atomic E-state index is 12.2. The van der Waals surface area contributed by atoms with Gasteiger partial charge in [-0.05, 0) is 18.2 Å². The molecule has 1 aromatic rings. The summed E-state index contributed by atoms with van der Waals surface area (Å²) in [4.78, 5) is 10.9. The van der Waals surface area contributed by atoms with Crippen LogP contribution in [0.1, 0.15) is 11.6 Å². The Morgan fingerprint density at radius 2 is 2.17 bits per heavy atom. The van der Waals surface area contributed by atoms with Gasteiger partial charge in [-0.25, -0.2) is 4.79 Å². The molecule has 1 aliphatic heterocycles. The van der Waals surface area contributed by atoms with E-state index >= 15 is 0 Å². The Labute approximate surface area is 108 Å². The molecular formula is C10H7BrF3NO3. The lowest BCUT2D eigenvalue weighted by atomic mass is 10.1. The van der Waals surface area contributed by atoms with Gasteiger partial charge in [0.05, 0.1) is 6.04 Å². The van der Waals surface area contributed by atoms with Crippen molar-refractivity contribution in [3.63, 3.8) is 0 Å². The monoisotopic (exact) mass is 325 g/mol. The zero-order chi connectivity index (χ0) is 13.3. The van der Waals surface area contributed by atoms with Gasteiger partial charge in [0.2, 0.25) is 0 Å². The van der Waals surface area contributed by atoms with Crippen LogP contribution in [0.2, 0.25) is 0 Å². The molecule has 1 heterocycles. The number of hydrogen-bond acceptors (Lipinski definition) is 3. The average molecular weight is 326 g/mol. The maximum absolute atomic E-state index is 12.2. The van der Waals surface area contributed by atoms with Gasteiger partial charge in [0.15, 0.2) is 0 Å². The molecule has 1 N–H and O–H groups in total. The lowest BCUT2D eigenvalue weighted by Crippen LogP contribution is -2.22. The summed E-state index contributed by atoms with van der Waals surface area (Å²) in [5.41, 5.74) is 0.201. The molecule has 1 atom stereocenters. The van der Waals surface area contributed by atoms with Crippen LogP contribution in [0.4, 0.5) is 18.0 Å². The molecule has 1 aliphatic rings. The van der Waals surface area contributed by atoms with Crippen LogP contribution < -0.4 is 10.1 Å². The summed E-state index contributed by atoms with van der Waals surface area (Å²) in [6, 6.07) is 3.38. The third kappa shape index (κ3) is 3.06. The minimum Gasteiger partial charge on any atom is -0.447 e. The van der Waals surface area contributed by atoms with Gasteiger partial charge >= 0.3 is 12.5 Å². The first-order valence-corrected chi connectivity index (χ1v) is 5.63. The first kappa shape index (κ1) is 13.0. The average Bonchev–Trinajstić information content (AvgIpc) is 2.65. The van der Waals surface area contributed by atoms with Gasteiger partial charge in [0.25, 0.3) is 0 Å². The lowest BCUT2D eigenvalue weighted by Gasteiger charge is -2.16. The molecule has 98 valence electrons. The number of amides is 1. The molecule has 0 aliphatic carbocycles. The van der Waals surface area contributed by atoms with E-state index in [-0.39, 0.29) is 17.9 Å². The number of rotatable bonds is 2. The molecule has 8 heteroatoms. The second kappa shape index (κ2) is 4.68. The highest BCUT2D eigenvalue weighted by Crippen LogP contribution is 2.34. The molecule has 1 amide bonds. The van der Waals surface area contributed by atoms with Gasteiger partial charge in [-0.2, -0.15) is 0 Å². The number of carbonyl (C=O) groups is 1. The van der Waals surface area contributed by atoms with Crippen LogP contribution in [0.5, 0.6) is 5.75 Å². The van der Waals surface area contributed by atoms with Gasteiger partial charge in [0.1, 0.15) is 12.4 Å². The van der Waals surface area contributed by atoms with E-state index in [0.29, 0.717) is 4.47 Å². The molecule has 0 radical (unpaired) electrons.